The van der Waals surface area contributed by atoms with Gasteiger partial charge in [-0.1, -0.05) is 117 Å². The lowest BCUT2D eigenvalue weighted by Crippen LogP contribution is -2.15. The second-order valence-electron chi connectivity index (χ2n) is 12.5. The van der Waals surface area contributed by atoms with Crippen molar-refractivity contribution in [3.63, 3.8) is 0 Å². The molecule has 45 heavy (non-hydrogen) atoms. The first-order valence-electron chi connectivity index (χ1n) is 15.5. The predicted molar refractivity (Wildman–Crippen MR) is 192 cm³/mol. The number of aromatic nitrogens is 1. The fourth-order valence-electron chi connectivity index (χ4n) is 7.27. The molecular weight excluding hydrogens is 565 g/mol. The number of hydrogen-bond donors (Lipinski definition) is 0. The molecule has 0 radical (unpaired) electrons. The minimum absolute atomic E-state index is 0.0380. The molecule has 1 aliphatic carbocycles. The van der Waals surface area contributed by atoms with Gasteiger partial charge in [0.25, 0.3) is 0 Å². The number of rotatable bonds is 4. The molecule has 0 bridgehead atoms. The summed E-state index contributed by atoms with van der Waals surface area (Å²) in [6.07, 6.45) is 2.04. The van der Waals surface area contributed by atoms with E-state index in [1.54, 1.807) is 11.3 Å². The summed E-state index contributed by atoms with van der Waals surface area (Å²) in [5.74, 6) is 0. The highest BCUT2D eigenvalue weighted by atomic mass is 32.1. The monoisotopic (exact) mass is 594 g/mol. The topological polar surface area (TPSA) is 16.1 Å². The summed E-state index contributed by atoms with van der Waals surface area (Å²) in [5.41, 5.74) is 11.0. The lowest BCUT2D eigenvalue weighted by Gasteiger charge is -2.27. The van der Waals surface area contributed by atoms with Crippen LogP contribution < -0.4 is 4.90 Å². The third-order valence-electron chi connectivity index (χ3n) is 9.52. The van der Waals surface area contributed by atoms with Gasteiger partial charge in [0, 0.05) is 32.3 Å². The van der Waals surface area contributed by atoms with Crippen molar-refractivity contribution in [1.82, 2.24) is 4.98 Å². The average molecular weight is 595 g/mol. The summed E-state index contributed by atoms with van der Waals surface area (Å²) in [6.45, 7) is 4.67. The van der Waals surface area contributed by atoms with E-state index in [9.17, 15) is 0 Å². The van der Waals surface area contributed by atoms with Crippen molar-refractivity contribution in [3.05, 3.63) is 157 Å². The number of anilines is 3. The molecule has 0 saturated carbocycles. The third kappa shape index (κ3) is 4.04. The van der Waals surface area contributed by atoms with E-state index < -0.39 is 0 Å². The summed E-state index contributed by atoms with van der Waals surface area (Å²) >= 11 is 1.77. The van der Waals surface area contributed by atoms with Crippen LogP contribution in [0, 0.1) is 0 Å². The highest BCUT2D eigenvalue weighted by Gasteiger charge is 2.35. The SMILES string of the molecule is CC1(C)c2ccccc2-c2cc(N(c3ccc(-c4ccccc4)cc3)c3cnc4sc5ccc6ccccc6c5c4c3)ccc21. The predicted octanol–water partition coefficient (Wildman–Crippen LogP) is 12.0. The molecule has 0 N–H and O–H groups in total. The zero-order valence-electron chi connectivity index (χ0n) is 25.2. The lowest BCUT2D eigenvalue weighted by molar-refractivity contribution is 0.660. The van der Waals surface area contributed by atoms with Crippen molar-refractivity contribution >= 4 is 59.5 Å². The number of thiophene rings is 1. The lowest BCUT2D eigenvalue weighted by atomic mass is 9.82. The Morgan fingerprint density at radius 1 is 0.556 bits per heavy atom. The molecule has 9 rings (SSSR count). The Balaban J connectivity index is 1.26. The minimum Gasteiger partial charge on any atom is -0.309 e. The molecule has 0 aliphatic heterocycles. The molecule has 2 aromatic heterocycles. The van der Waals surface area contributed by atoms with Gasteiger partial charge in [-0.3, -0.25) is 0 Å². The number of fused-ring (bicyclic) bond motifs is 8. The first-order chi connectivity index (χ1) is 22.1. The first-order valence-corrected chi connectivity index (χ1v) is 16.3. The quantitative estimate of drug-likeness (QED) is 0.201. The Morgan fingerprint density at radius 3 is 2.13 bits per heavy atom. The van der Waals surface area contributed by atoms with Gasteiger partial charge in [-0.15, -0.1) is 11.3 Å². The van der Waals surface area contributed by atoms with Crippen molar-refractivity contribution < 1.29 is 0 Å². The summed E-state index contributed by atoms with van der Waals surface area (Å²) < 4.78 is 1.27. The van der Waals surface area contributed by atoms with Crippen molar-refractivity contribution in [1.29, 1.82) is 0 Å². The van der Waals surface area contributed by atoms with E-state index in [1.807, 2.05) is 6.20 Å². The van der Waals surface area contributed by atoms with Crippen LogP contribution in [0.1, 0.15) is 25.0 Å². The van der Waals surface area contributed by atoms with Crippen LogP contribution in [0.25, 0.3) is 53.3 Å². The Hall–Kier alpha value is -5.25. The van der Waals surface area contributed by atoms with Crippen LogP contribution in [0.5, 0.6) is 0 Å². The van der Waals surface area contributed by atoms with Crippen molar-refractivity contribution in [2.45, 2.75) is 19.3 Å². The molecule has 0 amide bonds. The zero-order valence-corrected chi connectivity index (χ0v) is 26.0. The molecule has 214 valence electrons. The Bertz CT molecular complexity index is 2400. The Kier molecular flexibility index (Phi) is 5.75. The molecule has 0 fully saturated rings. The Morgan fingerprint density at radius 2 is 1.27 bits per heavy atom. The number of nitrogens with zero attached hydrogens (tertiary/aromatic N) is 2. The van der Waals surface area contributed by atoms with E-state index in [-0.39, 0.29) is 5.41 Å². The largest absolute Gasteiger partial charge is 0.309 e. The molecule has 0 spiro atoms. The fourth-order valence-corrected chi connectivity index (χ4v) is 8.31. The van der Waals surface area contributed by atoms with E-state index in [2.05, 4.69) is 158 Å². The highest BCUT2D eigenvalue weighted by molar-refractivity contribution is 7.25. The molecule has 0 saturated heterocycles. The fraction of sp³-hybridized carbons (Fsp3) is 0.0714. The maximum absolute atomic E-state index is 5.07. The van der Waals surface area contributed by atoms with Gasteiger partial charge < -0.3 is 4.90 Å². The van der Waals surface area contributed by atoms with Gasteiger partial charge in [-0.25, -0.2) is 4.98 Å². The van der Waals surface area contributed by atoms with Crippen LogP contribution in [0.15, 0.2) is 146 Å². The minimum atomic E-state index is -0.0380. The summed E-state index contributed by atoms with van der Waals surface area (Å²) in [6, 6.07) is 50.8. The summed E-state index contributed by atoms with van der Waals surface area (Å²) in [7, 11) is 0. The number of pyridine rings is 1. The van der Waals surface area contributed by atoms with E-state index in [0.29, 0.717) is 0 Å². The van der Waals surface area contributed by atoms with Gasteiger partial charge in [0.15, 0.2) is 0 Å². The van der Waals surface area contributed by atoms with E-state index >= 15 is 0 Å². The second kappa shape index (κ2) is 9.88. The number of benzene rings is 6. The van der Waals surface area contributed by atoms with Gasteiger partial charge in [-0.05, 0) is 80.6 Å². The Labute approximate surface area is 266 Å². The maximum atomic E-state index is 5.07. The van der Waals surface area contributed by atoms with E-state index in [1.165, 1.54) is 59.6 Å². The second-order valence-corrected chi connectivity index (χ2v) is 13.5. The van der Waals surface area contributed by atoms with E-state index in [4.69, 9.17) is 4.98 Å². The van der Waals surface area contributed by atoms with Crippen molar-refractivity contribution in [2.24, 2.45) is 0 Å². The molecular formula is C42H30N2S. The van der Waals surface area contributed by atoms with Crippen LogP contribution in [0.4, 0.5) is 17.1 Å². The average Bonchev–Trinajstić information content (AvgIpc) is 3.58. The van der Waals surface area contributed by atoms with Crippen LogP contribution in [-0.4, -0.2) is 4.98 Å². The van der Waals surface area contributed by atoms with Gasteiger partial charge in [-0.2, -0.15) is 0 Å². The van der Waals surface area contributed by atoms with Gasteiger partial charge in [0.2, 0.25) is 0 Å². The zero-order chi connectivity index (χ0) is 30.1. The van der Waals surface area contributed by atoms with Gasteiger partial charge in [0.1, 0.15) is 4.83 Å². The standard InChI is InChI=1S/C42H30N2S/c1-42(2)37-15-9-8-14-34(37)35-24-31(21-22-38(35)42)44(30-19-16-28(17-20-30)27-10-4-3-5-11-27)32-25-36-40-33-13-7-6-12-29(33)18-23-39(40)45-41(36)43-26-32/h3-26H,1-2H3. The molecule has 2 nitrogen and oxygen atoms in total. The van der Waals surface area contributed by atoms with Crippen molar-refractivity contribution in [2.75, 3.05) is 4.90 Å². The molecule has 8 aromatic rings. The summed E-state index contributed by atoms with van der Waals surface area (Å²) in [5, 5.41) is 5.01. The van der Waals surface area contributed by atoms with Crippen LogP contribution in [-0.2, 0) is 5.41 Å². The van der Waals surface area contributed by atoms with Crippen LogP contribution >= 0.6 is 11.3 Å². The highest BCUT2D eigenvalue weighted by Crippen LogP contribution is 2.51. The summed E-state index contributed by atoms with van der Waals surface area (Å²) in [4.78, 5) is 8.50. The van der Waals surface area contributed by atoms with Crippen LogP contribution in [0.3, 0.4) is 0 Å². The molecule has 1 aliphatic rings. The maximum Gasteiger partial charge on any atom is 0.124 e. The van der Waals surface area contributed by atoms with Gasteiger partial charge in [0.05, 0.1) is 11.9 Å². The molecule has 3 heteroatoms. The van der Waals surface area contributed by atoms with Crippen molar-refractivity contribution in [3.8, 4) is 22.3 Å². The first kappa shape index (κ1) is 26.2. The van der Waals surface area contributed by atoms with Gasteiger partial charge >= 0.3 is 0 Å². The molecule has 6 aromatic carbocycles. The van der Waals surface area contributed by atoms with Crippen LogP contribution in [0.2, 0.25) is 0 Å². The normalized spacial score (nSPS) is 13.3. The third-order valence-corrected chi connectivity index (χ3v) is 10.6. The molecule has 0 atom stereocenters. The smallest absolute Gasteiger partial charge is 0.124 e. The van der Waals surface area contributed by atoms with E-state index in [0.717, 1.165) is 21.9 Å². The number of hydrogen-bond acceptors (Lipinski definition) is 3. The molecule has 0 unspecified atom stereocenters. The molecule has 2 heterocycles.